The van der Waals surface area contributed by atoms with Gasteiger partial charge in [-0.05, 0) is 31.4 Å². The number of hydrogen-bond acceptors (Lipinski definition) is 5. The second-order valence-electron chi connectivity index (χ2n) is 6.16. The van der Waals surface area contributed by atoms with Gasteiger partial charge in [-0.25, -0.2) is 14.8 Å². The molecular formula is C15H17N3O3. The quantitative estimate of drug-likeness (QED) is 0.786. The summed E-state index contributed by atoms with van der Waals surface area (Å²) in [6, 6.07) is 3.48. The maximum atomic E-state index is 12.2. The molecule has 1 spiro atoms. The first-order chi connectivity index (χ1) is 10.2. The minimum atomic E-state index is -0.347. The van der Waals surface area contributed by atoms with Gasteiger partial charge in [0.15, 0.2) is 11.3 Å². The highest BCUT2D eigenvalue weighted by Crippen LogP contribution is 2.45. The average Bonchev–Trinajstić information content (AvgIpc) is 3.03. The zero-order valence-corrected chi connectivity index (χ0v) is 11.9. The first-order valence-electron chi connectivity index (χ1n) is 7.22. The van der Waals surface area contributed by atoms with Crippen LogP contribution in [0.3, 0.4) is 0 Å². The van der Waals surface area contributed by atoms with Crippen LogP contribution in [0.15, 0.2) is 18.5 Å². The van der Waals surface area contributed by atoms with Gasteiger partial charge in [0, 0.05) is 12.5 Å². The standard InChI is InChI=1S/C15H17N3O3/c1-18-9-16-11-2-3-12(17-13(11)18)14(19)21-10-4-5-15(6-10)7-20-8-15/h2-3,9-10H,4-8H2,1H3. The molecule has 21 heavy (non-hydrogen) atoms. The number of esters is 1. The molecule has 1 aliphatic heterocycles. The van der Waals surface area contributed by atoms with E-state index in [1.54, 1.807) is 23.0 Å². The number of carbonyl (C=O) groups excluding carboxylic acids is 1. The van der Waals surface area contributed by atoms with Crippen LogP contribution in [-0.4, -0.2) is 39.8 Å². The summed E-state index contributed by atoms with van der Waals surface area (Å²) in [6.45, 7) is 1.61. The molecule has 0 bridgehead atoms. The van der Waals surface area contributed by atoms with Crippen molar-refractivity contribution in [3.8, 4) is 0 Å². The highest BCUT2D eigenvalue weighted by atomic mass is 16.5. The third-order valence-electron chi connectivity index (χ3n) is 4.52. The molecule has 2 aliphatic rings. The van der Waals surface area contributed by atoms with E-state index in [1.165, 1.54) is 0 Å². The fourth-order valence-electron chi connectivity index (χ4n) is 3.24. The summed E-state index contributed by atoms with van der Waals surface area (Å²) in [5, 5.41) is 0. The molecule has 0 amide bonds. The number of aromatic nitrogens is 3. The van der Waals surface area contributed by atoms with E-state index in [9.17, 15) is 4.79 Å². The Morgan fingerprint density at radius 2 is 2.33 bits per heavy atom. The van der Waals surface area contributed by atoms with Crippen molar-refractivity contribution in [3.63, 3.8) is 0 Å². The van der Waals surface area contributed by atoms with Crippen LogP contribution >= 0.6 is 0 Å². The Morgan fingerprint density at radius 1 is 1.48 bits per heavy atom. The molecule has 0 aromatic carbocycles. The molecule has 1 unspecified atom stereocenters. The van der Waals surface area contributed by atoms with Crippen molar-refractivity contribution in [2.45, 2.75) is 25.4 Å². The van der Waals surface area contributed by atoms with Crippen LogP contribution in [0, 0.1) is 5.41 Å². The van der Waals surface area contributed by atoms with E-state index in [0.717, 1.165) is 38.0 Å². The van der Waals surface area contributed by atoms with Gasteiger partial charge in [-0.15, -0.1) is 0 Å². The van der Waals surface area contributed by atoms with Crippen LogP contribution in [0.1, 0.15) is 29.8 Å². The van der Waals surface area contributed by atoms with Crippen molar-refractivity contribution in [3.05, 3.63) is 24.2 Å². The van der Waals surface area contributed by atoms with E-state index in [4.69, 9.17) is 9.47 Å². The molecule has 1 saturated carbocycles. The van der Waals surface area contributed by atoms with Crippen LogP contribution in [-0.2, 0) is 16.5 Å². The lowest BCUT2D eigenvalue weighted by Crippen LogP contribution is -2.40. The van der Waals surface area contributed by atoms with Gasteiger partial charge in [-0.3, -0.25) is 0 Å². The fourth-order valence-corrected chi connectivity index (χ4v) is 3.24. The van der Waals surface area contributed by atoms with Crippen LogP contribution in [0.4, 0.5) is 0 Å². The fraction of sp³-hybridized carbons (Fsp3) is 0.533. The number of pyridine rings is 1. The Bertz CT molecular complexity index is 705. The maximum absolute atomic E-state index is 12.2. The van der Waals surface area contributed by atoms with Gasteiger partial charge in [0.25, 0.3) is 0 Å². The molecule has 110 valence electrons. The van der Waals surface area contributed by atoms with Crippen molar-refractivity contribution < 1.29 is 14.3 Å². The average molecular weight is 287 g/mol. The molecule has 3 heterocycles. The summed E-state index contributed by atoms with van der Waals surface area (Å²) in [6.07, 6.45) is 4.59. The molecule has 0 N–H and O–H groups in total. The van der Waals surface area contributed by atoms with E-state index >= 15 is 0 Å². The Hall–Kier alpha value is -1.95. The second kappa shape index (κ2) is 4.53. The minimum absolute atomic E-state index is 0.00886. The lowest BCUT2D eigenvalue weighted by molar-refractivity contribution is -0.113. The summed E-state index contributed by atoms with van der Waals surface area (Å²) in [5.74, 6) is -0.347. The van der Waals surface area contributed by atoms with Crippen molar-refractivity contribution in [2.24, 2.45) is 12.5 Å². The molecule has 6 nitrogen and oxygen atoms in total. The summed E-state index contributed by atoms with van der Waals surface area (Å²) >= 11 is 0. The van der Waals surface area contributed by atoms with Crippen molar-refractivity contribution >= 4 is 17.1 Å². The number of aryl methyl sites for hydroxylation is 1. The predicted molar refractivity (Wildman–Crippen MR) is 74.8 cm³/mol. The van der Waals surface area contributed by atoms with Gasteiger partial charge in [-0.2, -0.15) is 0 Å². The zero-order valence-electron chi connectivity index (χ0n) is 11.9. The number of rotatable bonds is 2. The van der Waals surface area contributed by atoms with Crippen molar-refractivity contribution in [1.82, 2.24) is 14.5 Å². The zero-order chi connectivity index (χ0) is 14.4. The summed E-state index contributed by atoms with van der Waals surface area (Å²) in [4.78, 5) is 20.8. The molecular weight excluding hydrogens is 270 g/mol. The lowest BCUT2D eigenvalue weighted by atomic mass is 9.84. The van der Waals surface area contributed by atoms with E-state index in [-0.39, 0.29) is 17.5 Å². The second-order valence-corrected chi connectivity index (χ2v) is 6.16. The summed E-state index contributed by atoms with van der Waals surface area (Å²) < 4.78 is 12.7. The van der Waals surface area contributed by atoms with Gasteiger partial charge in [0.2, 0.25) is 0 Å². The maximum Gasteiger partial charge on any atom is 0.357 e. The molecule has 1 saturated heterocycles. The largest absolute Gasteiger partial charge is 0.458 e. The number of ether oxygens (including phenoxy) is 2. The number of imidazole rings is 1. The first kappa shape index (κ1) is 12.8. The smallest absolute Gasteiger partial charge is 0.357 e. The Kier molecular flexibility index (Phi) is 2.75. The molecule has 2 fully saturated rings. The summed E-state index contributed by atoms with van der Waals surface area (Å²) in [7, 11) is 1.86. The molecule has 6 heteroatoms. The predicted octanol–water partition coefficient (Wildman–Crippen LogP) is 1.69. The highest BCUT2D eigenvalue weighted by Gasteiger charge is 2.46. The molecule has 4 rings (SSSR count). The molecule has 2 aromatic heterocycles. The number of nitrogens with zero attached hydrogens (tertiary/aromatic N) is 3. The van der Waals surface area contributed by atoms with Gasteiger partial charge < -0.3 is 14.0 Å². The number of carbonyl (C=O) groups is 1. The van der Waals surface area contributed by atoms with Crippen LogP contribution in [0.5, 0.6) is 0 Å². The van der Waals surface area contributed by atoms with Crippen molar-refractivity contribution in [1.29, 1.82) is 0 Å². The van der Waals surface area contributed by atoms with Crippen LogP contribution < -0.4 is 0 Å². The molecule has 0 radical (unpaired) electrons. The van der Waals surface area contributed by atoms with E-state index in [0.29, 0.717) is 11.3 Å². The summed E-state index contributed by atoms with van der Waals surface area (Å²) in [5.41, 5.74) is 2.09. The first-order valence-corrected chi connectivity index (χ1v) is 7.22. The van der Waals surface area contributed by atoms with Gasteiger partial charge in [-0.1, -0.05) is 0 Å². The van der Waals surface area contributed by atoms with Crippen molar-refractivity contribution in [2.75, 3.05) is 13.2 Å². The minimum Gasteiger partial charge on any atom is -0.458 e. The molecule has 1 atom stereocenters. The van der Waals surface area contributed by atoms with Gasteiger partial charge in [0.05, 0.1) is 19.5 Å². The number of fused-ring (bicyclic) bond motifs is 1. The van der Waals surface area contributed by atoms with E-state index < -0.39 is 0 Å². The normalized spacial score (nSPS) is 23.4. The number of hydrogen-bond donors (Lipinski definition) is 0. The Balaban J connectivity index is 1.49. The third kappa shape index (κ3) is 2.10. The monoisotopic (exact) mass is 287 g/mol. The van der Waals surface area contributed by atoms with Crippen LogP contribution in [0.25, 0.3) is 11.2 Å². The lowest BCUT2D eigenvalue weighted by Gasteiger charge is -2.37. The van der Waals surface area contributed by atoms with E-state index in [1.807, 2.05) is 7.05 Å². The van der Waals surface area contributed by atoms with Gasteiger partial charge in [0.1, 0.15) is 11.6 Å². The SMILES string of the molecule is Cn1cnc2ccc(C(=O)OC3CCC4(COC4)C3)nc21. The molecule has 2 aromatic rings. The third-order valence-corrected chi connectivity index (χ3v) is 4.52. The molecule has 1 aliphatic carbocycles. The Labute approximate surface area is 122 Å². The topological polar surface area (TPSA) is 66.2 Å². The highest BCUT2D eigenvalue weighted by molar-refractivity contribution is 5.89. The van der Waals surface area contributed by atoms with Crippen LogP contribution in [0.2, 0.25) is 0 Å². The Morgan fingerprint density at radius 3 is 3.05 bits per heavy atom. The van der Waals surface area contributed by atoms with Gasteiger partial charge >= 0.3 is 5.97 Å². The van der Waals surface area contributed by atoms with E-state index in [2.05, 4.69) is 9.97 Å².